The van der Waals surface area contributed by atoms with Crippen molar-refractivity contribution in [2.45, 2.75) is 19.8 Å². The van der Waals surface area contributed by atoms with Gasteiger partial charge in [0.1, 0.15) is 5.02 Å². The summed E-state index contributed by atoms with van der Waals surface area (Å²) in [5.74, 6) is -0.870. The van der Waals surface area contributed by atoms with Gasteiger partial charge in [-0.3, -0.25) is 14.9 Å². The van der Waals surface area contributed by atoms with Gasteiger partial charge in [-0.25, -0.2) is 0 Å². The van der Waals surface area contributed by atoms with Gasteiger partial charge in [0.05, 0.1) is 17.4 Å². The van der Waals surface area contributed by atoms with Gasteiger partial charge in [-0.1, -0.05) is 17.7 Å². The molecule has 92 valence electrons. The van der Waals surface area contributed by atoms with E-state index >= 15 is 0 Å². The normalized spacial score (nSPS) is 11.9. The summed E-state index contributed by atoms with van der Waals surface area (Å²) in [6.07, 6.45) is 0. The lowest BCUT2D eigenvalue weighted by molar-refractivity contribution is -0.384. The summed E-state index contributed by atoms with van der Waals surface area (Å²) in [7, 11) is 0. The molecule has 0 spiro atoms. The fourth-order valence-electron chi connectivity index (χ4n) is 1.34. The lowest BCUT2D eigenvalue weighted by atomic mass is 10.0. The zero-order chi connectivity index (χ0) is 13.0. The molecule has 5 nitrogen and oxygen atoms in total. The van der Waals surface area contributed by atoms with Crippen LogP contribution >= 0.6 is 11.6 Å². The average Bonchev–Trinajstić information content (AvgIpc) is 2.27. The topological polar surface area (TPSA) is 69.4 Å². The van der Waals surface area contributed by atoms with Gasteiger partial charge in [0.2, 0.25) is 0 Å². The van der Waals surface area contributed by atoms with Gasteiger partial charge in [-0.2, -0.15) is 0 Å². The molecule has 0 aromatic heterocycles. The standard InChI is InChI=1S/C11H12ClNO4/c1-3-17-11(14)7(2)8-4-5-10(13(15)16)9(12)6-8/h4-7H,3H2,1-2H3/t7-/m1/s1. The first-order chi connectivity index (χ1) is 7.97. The highest BCUT2D eigenvalue weighted by atomic mass is 35.5. The van der Waals surface area contributed by atoms with Crippen molar-refractivity contribution in [3.8, 4) is 0 Å². The molecule has 0 amide bonds. The average molecular weight is 258 g/mol. The van der Waals surface area contributed by atoms with Gasteiger partial charge in [-0.15, -0.1) is 0 Å². The first-order valence-corrected chi connectivity index (χ1v) is 5.45. The minimum absolute atomic E-state index is 0.0173. The number of nitro groups is 1. The molecule has 0 fully saturated rings. The van der Waals surface area contributed by atoms with E-state index in [4.69, 9.17) is 16.3 Å². The van der Waals surface area contributed by atoms with Crippen molar-refractivity contribution in [2.24, 2.45) is 0 Å². The Labute approximate surface area is 103 Å². The van der Waals surface area contributed by atoms with Gasteiger partial charge < -0.3 is 4.74 Å². The van der Waals surface area contributed by atoms with Crippen LogP contribution in [0.15, 0.2) is 18.2 Å². The molecular weight excluding hydrogens is 246 g/mol. The number of nitro benzene ring substituents is 1. The molecule has 0 saturated heterocycles. The number of carbonyl (C=O) groups is 1. The fourth-order valence-corrected chi connectivity index (χ4v) is 1.60. The van der Waals surface area contributed by atoms with Crippen molar-refractivity contribution in [3.05, 3.63) is 38.9 Å². The molecule has 6 heteroatoms. The molecule has 1 aromatic carbocycles. The predicted molar refractivity (Wildman–Crippen MR) is 63.2 cm³/mol. The SMILES string of the molecule is CCOC(=O)[C@H](C)c1ccc([N+](=O)[O-])c(Cl)c1. The smallest absolute Gasteiger partial charge is 0.313 e. The summed E-state index contributed by atoms with van der Waals surface area (Å²) >= 11 is 5.76. The molecule has 1 rings (SSSR count). The molecule has 1 atom stereocenters. The Balaban J connectivity index is 2.97. The van der Waals surface area contributed by atoms with Crippen molar-refractivity contribution in [1.29, 1.82) is 0 Å². The fraction of sp³-hybridized carbons (Fsp3) is 0.364. The van der Waals surface area contributed by atoms with Crippen LogP contribution in [0.4, 0.5) is 5.69 Å². The van der Waals surface area contributed by atoms with E-state index in [1.54, 1.807) is 13.8 Å². The number of ether oxygens (including phenoxy) is 1. The second-order valence-electron chi connectivity index (χ2n) is 3.44. The number of hydrogen-bond acceptors (Lipinski definition) is 4. The lowest BCUT2D eigenvalue weighted by Gasteiger charge is -2.10. The Hall–Kier alpha value is -1.62. The molecule has 0 bridgehead atoms. The Bertz CT molecular complexity index is 447. The Morgan fingerprint density at radius 1 is 1.59 bits per heavy atom. The van der Waals surface area contributed by atoms with E-state index in [2.05, 4.69) is 0 Å². The minimum Gasteiger partial charge on any atom is -0.466 e. The number of benzene rings is 1. The molecule has 1 aromatic rings. The van der Waals surface area contributed by atoms with Crippen molar-refractivity contribution in [1.82, 2.24) is 0 Å². The van der Waals surface area contributed by atoms with E-state index in [1.165, 1.54) is 18.2 Å². The second-order valence-corrected chi connectivity index (χ2v) is 3.85. The number of esters is 1. The highest BCUT2D eigenvalue weighted by Crippen LogP contribution is 2.28. The zero-order valence-electron chi connectivity index (χ0n) is 9.47. The Morgan fingerprint density at radius 2 is 2.24 bits per heavy atom. The molecule has 0 unspecified atom stereocenters. The minimum atomic E-state index is -0.568. The van der Waals surface area contributed by atoms with Gasteiger partial charge in [0.15, 0.2) is 0 Å². The number of carbonyl (C=O) groups excluding carboxylic acids is 1. The maximum Gasteiger partial charge on any atom is 0.313 e. The third-order valence-corrected chi connectivity index (χ3v) is 2.61. The molecule has 17 heavy (non-hydrogen) atoms. The quantitative estimate of drug-likeness (QED) is 0.472. The molecule has 0 heterocycles. The number of hydrogen-bond donors (Lipinski definition) is 0. The Kier molecular flexibility index (Phi) is 4.45. The van der Waals surface area contributed by atoms with Crippen molar-refractivity contribution >= 4 is 23.3 Å². The van der Waals surface area contributed by atoms with Gasteiger partial charge in [-0.05, 0) is 25.5 Å². The zero-order valence-corrected chi connectivity index (χ0v) is 10.2. The number of nitrogens with zero attached hydrogens (tertiary/aromatic N) is 1. The lowest BCUT2D eigenvalue weighted by Crippen LogP contribution is -2.13. The maximum absolute atomic E-state index is 11.5. The van der Waals surface area contributed by atoms with Crippen LogP contribution in [-0.2, 0) is 9.53 Å². The van der Waals surface area contributed by atoms with Crippen molar-refractivity contribution in [3.63, 3.8) is 0 Å². The summed E-state index contributed by atoms with van der Waals surface area (Å²) in [5.41, 5.74) is 0.422. The highest BCUT2D eigenvalue weighted by Gasteiger charge is 2.19. The van der Waals surface area contributed by atoms with Crippen molar-refractivity contribution < 1.29 is 14.5 Å². The first kappa shape index (κ1) is 13.4. The van der Waals surface area contributed by atoms with Crippen LogP contribution in [0.1, 0.15) is 25.3 Å². The summed E-state index contributed by atoms with van der Waals surface area (Å²) in [4.78, 5) is 21.5. The molecule has 0 N–H and O–H groups in total. The first-order valence-electron chi connectivity index (χ1n) is 5.07. The van der Waals surface area contributed by atoms with Gasteiger partial charge in [0.25, 0.3) is 5.69 Å². The molecule has 0 saturated carbocycles. The van der Waals surface area contributed by atoms with Crippen LogP contribution in [0.25, 0.3) is 0 Å². The van der Waals surface area contributed by atoms with E-state index in [0.29, 0.717) is 12.2 Å². The predicted octanol–water partition coefficient (Wildman–Crippen LogP) is 2.91. The van der Waals surface area contributed by atoms with Gasteiger partial charge in [0, 0.05) is 6.07 Å². The third-order valence-electron chi connectivity index (χ3n) is 2.31. The van der Waals surface area contributed by atoms with E-state index in [1.807, 2.05) is 0 Å². The molecule has 0 aliphatic rings. The summed E-state index contributed by atoms with van der Waals surface area (Å²) in [6, 6.07) is 4.21. The Morgan fingerprint density at radius 3 is 2.71 bits per heavy atom. The largest absolute Gasteiger partial charge is 0.466 e. The van der Waals surface area contributed by atoms with Gasteiger partial charge >= 0.3 is 5.97 Å². The van der Waals surface area contributed by atoms with E-state index < -0.39 is 10.8 Å². The number of rotatable bonds is 4. The third kappa shape index (κ3) is 3.17. The highest BCUT2D eigenvalue weighted by molar-refractivity contribution is 6.32. The van der Waals surface area contributed by atoms with Crippen molar-refractivity contribution in [2.75, 3.05) is 6.61 Å². The van der Waals surface area contributed by atoms with Crippen LogP contribution in [0, 0.1) is 10.1 Å². The monoisotopic (exact) mass is 257 g/mol. The van der Waals surface area contributed by atoms with E-state index in [9.17, 15) is 14.9 Å². The van der Waals surface area contributed by atoms with Crippen LogP contribution < -0.4 is 0 Å². The molecular formula is C11H12ClNO4. The number of halogens is 1. The van der Waals surface area contributed by atoms with E-state index in [-0.39, 0.29) is 16.7 Å². The molecule has 0 radical (unpaired) electrons. The van der Waals surface area contributed by atoms with E-state index in [0.717, 1.165) is 0 Å². The summed E-state index contributed by atoms with van der Waals surface area (Å²) in [6.45, 7) is 3.67. The molecule has 0 aliphatic heterocycles. The van der Waals surface area contributed by atoms with Crippen LogP contribution in [0.2, 0.25) is 5.02 Å². The maximum atomic E-state index is 11.5. The second kappa shape index (κ2) is 5.63. The van der Waals surface area contributed by atoms with Crippen LogP contribution in [-0.4, -0.2) is 17.5 Å². The summed E-state index contributed by atoms with van der Waals surface area (Å²) in [5, 5.41) is 10.6. The summed E-state index contributed by atoms with van der Waals surface area (Å²) < 4.78 is 4.86. The molecule has 0 aliphatic carbocycles. The van der Waals surface area contributed by atoms with Crippen LogP contribution in [0.3, 0.4) is 0 Å². The van der Waals surface area contributed by atoms with Crippen LogP contribution in [0.5, 0.6) is 0 Å².